The highest BCUT2D eigenvalue weighted by Gasteiger charge is 2.29. The second-order valence-electron chi connectivity index (χ2n) is 7.74. The van der Waals surface area contributed by atoms with Gasteiger partial charge in [0.15, 0.2) is 0 Å². The maximum Gasteiger partial charge on any atom is 0.407 e. The van der Waals surface area contributed by atoms with Gasteiger partial charge in [-0.25, -0.2) is 14.6 Å². The number of aromatic amines is 1. The third-order valence-electron chi connectivity index (χ3n) is 5.58. The molecule has 2 amide bonds. The van der Waals surface area contributed by atoms with Gasteiger partial charge in [0.25, 0.3) is 0 Å². The maximum atomic E-state index is 12.2. The molecule has 0 aliphatic heterocycles. The van der Waals surface area contributed by atoms with Crippen molar-refractivity contribution in [2.45, 2.75) is 24.8 Å². The van der Waals surface area contributed by atoms with Crippen LogP contribution in [0, 0.1) is 0 Å². The van der Waals surface area contributed by atoms with Crippen molar-refractivity contribution in [2.24, 2.45) is 0 Å². The number of nitrogens with one attached hydrogen (secondary N) is 3. The lowest BCUT2D eigenvalue weighted by Gasteiger charge is -2.15. The van der Waals surface area contributed by atoms with E-state index in [0.717, 1.165) is 22.3 Å². The third-order valence-corrected chi connectivity index (χ3v) is 5.58. The molecule has 170 valence electrons. The van der Waals surface area contributed by atoms with Crippen molar-refractivity contribution in [3.63, 3.8) is 0 Å². The van der Waals surface area contributed by atoms with E-state index in [4.69, 9.17) is 4.74 Å². The Morgan fingerprint density at radius 3 is 2.33 bits per heavy atom. The number of ether oxygens (including phenoxy) is 1. The minimum Gasteiger partial charge on any atom is -0.480 e. The van der Waals surface area contributed by atoms with E-state index >= 15 is 0 Å². The summed E-state index contributed by atoms with van der Waals surface area (Å²) in [4.78, 5) is 42.3. The van der Waals surface area contributed by atoms with Gasteiger partial charge >= 0.3 is 12.1 Å². The fourth-order valence-corrected chi connectivity index (χ4v) is 4.01. The lowest BCUT2D eigenvalue weighted by molar-refractivity contribution is -0.141. The number of carbonyl (C=O) groups is 3. The van der Waals surface area contributed by atoms with Gasteiger partial charge in [0.1, 0.15) is 12.6 Å². The monoisotopic (exact) mass is 448 g/mol. The molecule has 2 aromatic carbocycles. The SMILES string of the molecule is O=C(CCNC(=O)OCC1c2ccccc2-c2ccccc21)N[C@H](Cc1cnc[nH]1)C(=O)O. The van der Waals surface area contributed by atoms with Crippen molar-refractivity contribution >= 4 is 18.0 Å². The predicted molar refractivity (Wildman–Crippen MR) is 120 cm³/mol. The molecule has 1 heterocycles. The summed E-state index contributed by atoms with van der Waals surface area (Å²) < 4.78 is 5.42. The van der Waals surface area contributed by atoms with Crippen LogP contribution in [0.3, 0.4) is 0 Å². The second kappa shape index (κ2) is 9.99. The number of hydrogen-bond donors (Lipinski definition) is 4. The van der Waals surface area contributed by atoms with Crippen LogP contribution < -0.4 is 10.6 Å². The van der Waals surface area contributed by atoms with Gasteiger partial charge in [-0.2, -0.15) is 0 Å². The Kier molecular flexibility index (Phi) is 6.68. The number of aromatic nitrogens is 2. The Balaban J connectivity index is 1.24. The van der Waals surface area contributed by atoms with Crippen molar-refractivity contribution in [3.8, 4) is 11.1 Å². The van der Waals surface area contributed by atoms with Crippen molar-refractivity contribution in [1.82, 2.24) is 20.6 Å². The highest BCUT2D eigenvalue weighted by Crippen LogP contribution is 2.44. The molecule has 1 aromatic heterocycles. The first-order valence-corrected chi connectivity index (χ1v) is 10.6. The number of H-pyrrole nitrogens is 1. The predicted octanol–water partition coefficient (Wildman–Crippen LogP) is 2.45. The molecule has 0 fully saturated rings. The van der Waals surface area contributed by atoms with Crippen LogP contribution in [-0.4, -0.2) is 52.2 Å². The Hall–Kier alpha value is -4.14. The fraction of sp³-hybridized carbons (Fsp3) is 0.250. The summed E-state index contributed by atoms with van der Waals surface area (Å²) in [6.07, 6.45) is 2.32. The molecular formula is C24H24N4O5. The summed E-state index contributed by atoms with van der Waals surface area (Å²) in [6.45, 7) is 0.205. The van der Waals surface area contributed by atoms with Crippen LogP contribution in [0.4, 0.5) is 4.79 Å². The lowest BCUT2D eigenvalue weighted by atomic mass is 9.98. The van der Waals surface area contributed by atoms with Crippen LogP contribution >= 0.6 is 0 Å². The number of rotatable bonds is 9. The van der Waals surface area contributed by atoms with Crippen molar-refractivity contribution in [3.05, 3.63) is 77.9 Å². The zero-order valence-corrected chi connectivity index (χ0v) is 17.8. The van der Waals surface area contributed by atoms with Crippen LogP contribution in [0.2, 0.25) is 0 Å². The molecule has 3 aromatic rings. The summed E-state index contributed by atoms with van der Waals surface area (Å²) in [5.41, 5.74) is 5.11. The summed E-state index contributed by atoms with van der Waals surface area (Å²) in [6, 6.07) is 15.0. The summed E-state index contributed by atoms with van der Waals surface area (Å²) in [5.74, 6) is -1.69. The smallest absolute Gasteiger partial charge is 0.407 e. The van der Waals surface area contributed by atoms with E-state index < -0.39 is 24.0 Å². The van der Waals surface area contributed by atoms with Crippen LogP contribution in [0.15, 0.2) is 61.1 Å². The van der Waals surface area contributed by atoms with Crippen LogP contribution in [0.5, 0.6) is 0 Å². The van der Waals surface area contributed by atoms with Crippen LogP contribution in [0.1, 0.15) is 29.2 Å². The number of benzene rings is 2. The number of carboxylic acids is 1. The lowest BCUT2D eigenvalue weighted by Crippen LogP contribution is -2.43. The number of amides is 2. The number of imidazole rings is 1. The van der Waals surface area contributed by atoms with Gasteiger partial charge in [-0.1, -0.05) is 48.5 Å². The average Bonchev–Trinajstić information content (AvgIpc) is 3.43. The number of carbonyl (C=O) groups excluding carboxylic acids is 2. The van der Waals surface area contributed by atoms with Crippen LogP contribution in [-0.2, 0) is 20.7 Å². The number of hydrogen-bond acceptors (Lipinski definition) is 5. The zero-order valence-electron chi connectivity index (χ0n) is 17.8. The van der Waals surface area contributed by atoms with E-state index in [1.54, 1.807) is 0 Å². The molecule has 0 radical (unpaired) electrons. The number of nitrogens with zero attached hydrogens (tertiary/aromatic N) is 1. The Labute approximate surface area is 190 Å². The highest BCUT2D eigenvalue weighted by molar-refractivity contribution is 5.84. The average molecular weight is 448 g/mol. The first kappa shape index (κ1) is 22.1. The molecule has 0 saturated carbocycles. The molecule has 1 atom stereocenters. The Morgan fingerprint density at radius 2 is 1.73 bits per heavy atom. The number of carboxylic acid groups (broad SMARTS) is 1. The van der Waals surface area contributed by atoms with Gasteiger partial charge in [0.05, 0.1) is 6.33 Å². The fourth-order valence-electron chi connectivity index (χ4n) is 4.01. The first-order chi connectivity index (χ1) is 16.0. The minimum atomic E-state index is -1.15. The number of fused-ring (bicyclic) bond motifs is 3. The van der Waals surface area contributed by atoms with E-state index in [2.05, 4.69) is 32.7 Å². The van der Waals surface area contributed by atoms with E-state index in [1.807, 2.05) is 36.4 Å². The molecule has 4 rings (SSSR count). The standard InChI is InChI=1S/C24H24N4O5/c29-22(28-21(23(30)31)11-15-12-25-14-27-15)9-10-26-24(32)33-13-20-18-7-3-1-5-16(18)17-6-2-4-8-19(17)20/h1-8,12,14,20-21H,9-11,13H2,(H,25,27)(H,26,32)(H,28,29)(H,30,31)/t21-/m1/s1. The van der Waals surface area contributed by atoms with Gasteiger partial charge in [0, 0.05) is 37.2 Å². The van der Waals surface area contributed by atoms with Crippen molar-refractivity contribution in [1.29, 1.82) is 0 Å². The largest absolute Gasteiger partial charge is 0.480 e. The first-order valence-electron chi connectivity index (χ1n) is 10.6. The minimum absolute atomic E-state index is 0.0267. The maximum absolute atomic E-state index is 12.2. The normalized spacial score (nSPS) is 13.0. The van der Waals surface area contributed by atoms with Crippen molar-refractivity contribution < 1.29 is 24.2 Å². The molecule has 1 aliphatic carbocycles. The van der Waals surface area contributed by atoms with Crippen LogP contribution in [0.25, 0.3) is 11.1 Å². The Bertz CT molecular complexity index is 1100. The summed E-state index contributed by atoms with van der Waals surface area (Å²) in [5, 5.41) is 14.3. The molecule has 0 bridgehead atoms. The summed E-state index contributed by atoms with van der Waals surface area (Å²) in [7, 11) is 0. The Morgan fingerprint density at radius 1 is 1.06 bits per heavy atom. The molecule has 4 N–H and O–H groups in total. The molecule has 9 heteroatoms. The highest BCUT2D eigenvalue weighted by atomic mass is 16.5. The van der Waals surface area contributed by atoms with E-state index in [9.17, 15) is 19.5 Å². The quantitative estimate of drug-likeness (QED) is 0.397. The van der Waals surface area contributed by atoms with Crippen molar-refractivity contribution in [2.75, 3.05) is 13.2 Å². The zero-order chi connectivity index (χ0) is 23.2. The molecule has 0 unspecified atom stereocenters. The van der Waals surface area contributed by atoms with Gasteiger partial charge in [-0.3, -0.25) is 4.79 Å². The number of alkyl carbamates (subject to hydrolysis) is 1. The third kappa shape index (κ3) is 5.20. The molecular weight excluding hydrogens is 424 g/mol. The topological polar surface area (TPSA) is 133 Å². The molecule has 0 spiro atoms. The second-order valence-corrected chi connectivity index (χ2v) is 7.74. The van der Waals surface area contributed by atoms with Gasteiger partial charge in [-0.15, -0.1) is 0 Å². The van der Waals surface area contributed by atoms with Gasteiger partial charge in [0.2, 0.25) is 5.91 Å². The summed E-state index contributed by atoms with van der Waals surface area (Å²) >= 11 is 0. The molecule has 33 heavy (non-hydrogen) atoms. The molecule has 9 nitrogen and oxygen atoms in total. The van der Waals surface area contributed by atoms with Gasteiger partial charge in [-0.05, 0) is 22.3 Å². The van der Waals surface area contributed by atoms with Gasteiger partial charge < -0.3 is 25.5 Å². The van der Waals surface area contributed by atoms with E-state index in [-0.39, 0.29) is 31.9 Å². The molecule has 0 saturated heterocycles. The molecule has 1 aliphatic rings. The van der Waals surface area contributed by atoms with E-state index in [1.165, 1.54) is 12.5 Å². The number of aliphatic carboxylic acids is 1. The van der Waals surface area contributed by atoms with E-state index in [0.29, 0.717) is 5.69 Å².